The molecule has 1 aliphatic heterocycles. The summed E-state index contributed by atoms with van der Waals surface area (Å²) in [6.07, 6.45) is 8.30. The maximum absolute atomic E-state index is 12.8. The molecule has 0 aromatic rings. The molecule has 0 bridgehead atoms. The summed E-state index contributed by atoms with van der Waals surface area (Å²) < 4.78 is 0. The Morgan fingerprint density at radius 1 is 1.35 bits per heavy atom. The van der Waals surface area contributed by atoms with Crippen LogP contribution in [-0.4, -0.2) is 35.1 Å². The lowest BCUT2D eigenvalue weighted by Gasteiger charge is -2.31. The molecule has 1 saturated carbocycles. The second-order valence-corrected chi connectivity index (χ2v) is 7.71. The molecule has 1 heterocycles. The second-order valence-electron chi connectivity index (χ2n) is 7.71. The smallest absolute Gasteiger partial charge is 0.257 e. The van der Waals surface area contributed by atoms with E-state index in [0.717, 1.165) is 19.3 Å². The fraction of sp³-hybridized carbons (Fsp3) is 0.833. The molecular weight excluding hydrogens is 290 g/mol. The van der Waals surface area contributed by atoms with Gasteiger partial charge in [-0.2, -0.15) is 0 Å². The largest absolute Gasteiger partial charge is 0.369 e. The van der Waals surface area contributed by atoms with Gasteiger partial charge in [-0.25, -0.2) is 4.99 Å². The van der Waals surface area contributed by atoms with Crippen LogP contribution in [-0.2, 0) is 9.59 Å². The van der Waals surface area contributed by atoms with Gasteiger partial charge in [0.05, 0.1) is 0 Å². The molecule has 0 aromatic heterocycles. The zero-order chi connectivity index (χ0) is 17.0. The SMILES string of the molecule is CC(C)CC(=O)CCC1(CC2CCCCC2)N=C(N)N(C)C1=O. The van der Waals surface area contributed by atoms with Gasteiger partial charge in [-0.15, -0.1) is 0 Å². The summed E-state index contributed by atoms with van der Waals surface area (Å²) in [7, 11) is 1.68. The average Bonchev–Trinajstić information content (AvgIpc) is 2.70. The molecule has 1 unspecified atom stereocenters. The van der Waals surface area contributed by atoms with Crippen LogP contribution in [0, 0.1) is 11.8 Å². The molecule has 5 heteroatoms. The fourth-order valence-corrected chi connectivity index (χ4v) is 3.93. The number of hydrogen-bond donors (Lipinski definition) is 1. The highest BCUT2D eigenvalue weighted by Crippen LogP contribution is 2.38. The van der Waals surface area contributed by atoms with E-state index in [0.29, 0.717) is 37.1 Å². The van der Waals surface area contributed by atoms with Crippen LogP contribution in [0.2, 0.25) is 0 Å². The zero-order valence-corrected chi connectivity index (χ0v) is 14.8. The molecule has 2 aliphatic rings. The highest BCUT2D eigenvalue weighted by molar-refractivity contribution is 6.06. The Bertz CT molecular complexity index is 481. The van der Waals surface area contributed by atoms with Crippen molar-refractivity contribution < 1.29 is 9.59 Å². The van der Waals surface area contributed by atoms with E-state index in [1.807, 2.05) is 13.8 Å². The van der Waals surface area contributed by atoms with E-state index in [-0.39, 0.29) is 11.7 Å². The minimum absolute atomic E-state index is 0.0297. The van der Waals surface area contributed by atoms with Crippen LogP contribution < -0.4 is 5.73 Å². The van der Waals surface area contributed by atoms with Crippen molar-refractivity contribution in [2.75, 3.05) is 7.05 Å². The number of rotatable bonds is 7. The Hall–Kier alpha value is -1.39. The number of likely N-dealkylation sites (N-methyl/N-ethyl adjacent to an activating group) is 1. The van der Waals surface area contributed by atoms with E-state index >= 15 is 0 Å². The predicted octanol–water partition coefficient (Wildman–Crippen LogP) is 2.88. The maximum Gasteiger partial charge on any atom is 0.257 e. The lowest BCUT2D eigenvalue weighted by atomic mass is 9.77. The second kappa shape index (κ2) is 7.45. The zero-order valence-electron chi connectivity index (χ0n) is 14.8. The third-order valence-corrected chi connectivity index (χ3v) is 5.18. The summed E-state index contributed by atoms with van der Waals surface area (Å²) in [6, 6.07) is 0. The van der Waals surface area contributed by atoms with Crippen molar-refractivity contribution in [3.05, 3.63) is 0 Å². The van der Waals surface area contributed by atoms with E-state index < -0.39 is 5.54 Å². The lowest BCUT2D eigenvalue weighted by molar-refractivity contribution is -0.131. The number of carbonyl (C=O) groups is 2. The summed E-state index contributed by atoms with van der Waals surface area (Å²) in [4.78, 5) is 30.9. The minimum Gasteiger partial charge on any atom is -0.369 e. The molecule has 2 rings (SSSR count). The third-order valence-electron chi connectivity index (χ3n) is 5.18. The number of guanidine groups is 1. The molecule has 1 aliphatic carbocycles. The van der Waals surface area contributed by atoms with Crippen LogP contribution in [0.3, 0.4) is 0 Å². The average molecular weight is 321 g/mol. The predicted molar refractivity (Wildman–Crippen MR) is 92.0 cm³/mol. The monoisotopic (exact) mass is 321 g/mol. The lowest BCUT2D eigenvalue weighted by Crippen LogP contribution is -2.43. The van der Waals surface area contributed by atoms with Crippen molar-refractivity contribution in [3.8, 4) is 0 Å². The number of carbonyl (C=O) groups excluding carboxylic acids is 2. The molecule has 2 N–H and O–H groups in total. The summed E-state index contributed by atoms with van der Waals surface area (Å²) in [6.45, 7) is 4.08. The van der Waals surface area contributed by atoms with Crippen LogP contribution >= 0.6 is 0 Å². The molecule has 0 radical (unpaired) electrons. The molecule has 1 fully saturated rings. The molecule has 0 aromatic carbocycles. The van der Waals surface area contributed by atoms with Gasteiger partial charge in [-0.1, -0.05) is 46.0 Å². The van der Waals surface area contributed by atoms with E-state index in [4.69, 9.17) is 5.73 Å². The first-order chi connectivity index (χ1) is 10.8. The molecule has 1 amide bonds. The van der Waals surface area contributed by atoms with Gasteiger partial charge in [0.15, 0.2) is 5.96 Å². The number of nitrogens with zero attached hydrogens (tertiary/aromatic N) is 2. The van der Waals surface area contributed by atoms with Gasteiger partial charge in [0, 0.05) is 19.9 Å². The first kappa shape index (κ1) is 18.0. The molecule has 5 nitrogen and oxygen atoms in total. The maximum atomic E-state index is 12.8. The summed E-state index contributed by atoms with van der Waals surface area (Å²) in [5, 5.41) is 0. The number of Topliss-reactive ketones (excluding diaryl/α,β-unsaturated/α-hetero) is 1. The standard InChI is InChI=1S/C18H31N3O2/c1-13(2)11-15(22)9-10-18(12-14-7-5-4-6-8-14)16(23)21(3)17(19)20-18/h13-14H,4-12H2,1-3H3,(H2,19,20). The Kier molecular flexibility index (Phi) is 5.82. The molecule has 1 atom stereocenters. The van der Waals surface area contributed by atoms with Gasteiger partial charge in [-0.05, 0) is 24.7 Å². The number of hydrogen-bond acceptors (Lipinski definition) is 4. The normalized spacial score (nSPS) is 26.0. The van der Waals surface area contributed by atoms with Gasteiger partial charge >= 0.3 is 0 Å². The Morgan fingerprint density at radius 2 is 2.00 bits per heavy atom. The van der Waals surface area contributed by atoms with Gasteiger partial charge in [-0.3, -0.25) is 14.5 Å². The van der Waals surface area contributed by atoms with Crippen LogP contribution in [0.1, 0.15) is 71.6 Å². The topological polar surface area (TPSA) is 75.8 Å². The first-order valence-electron chi connectivity index (χ1n) is 8.99. The summed E-state index contributed by atoms with van der Waals surface area (Å²) in [5.41, 5.74) is 5.11. The minimum atomic E-state index is -0.798. The van der Waals surface area contributed by atoms with Crippen molar-refractivity contribution >= 4 is 17.6 Å². The van der Waals surface area contributed by atoms with Gasteiger partial charge < -0.3 is 5.73 Å². The van der Waals surface area contributed by atoms with E-state index in [9.17, 15) is 9.59 Å². The van der Waals surface area contributed by atoms with E-state index in [1.54, 1.807) is 7.05 Å². The van der Waals surface area contributed by atoms with E-state index in [2.05, 4.69) is 4.99 Å². The van der Waals surface area contributed by atoms with Crippen molar-refractivity contribution in [3.63, 3.8) is 0 Å². The van der Waals surface area contributed by atoms with Crippen molar-refractivity contribution in [1.29, 1.82) is 0 Å². The number of ketones is 1. The first-order valence-corrected chi connectivity index (χ1v) is 8.99. The highest BCUT2D eigenvalue weighted by Gasteiger charge is 2.47. The highest BCUT2D eigenvalue weighted by atomic mass is 16.2. The van der Waals surface area contributed by atoms with E-state index in [1.165, 1.54) is 24.2 Å². The number of amides is 1. The van der Waals surface area contributed by atoms with Crippen molar-refractivity contribution in [2.45, 2.75) is 77.2 Å². The van der Waals surface area contributed by atoms with Gasteiger partial charge in [0.2, 0.25) is 0 Å². The van der Waals surface area contributed by atoms with Crippen molar-refractivity contribution in [2.24, 2.45) is 22.6 Å². The molecule has 0 spiro atoms. The number of nitrogens with two attached hydrogens (primary N) is 1. The van der Waals surface area contributed by atoms with Crippen LogP contribution in [0.5, 0.6) is 0 Å². The van der Waals surface area contributed by atoms with Crippen LogP contribution in [0.25, 0.3) is 0 Å². The van der Waals surface area contributed by atoms with Crippen molar-refractivity contribution in [1.82, 2.24) is 4.90 Å². The Labute approximate surface area is 139 Å². The third kappa shape index (κ3) is 4.33. The summed E-state index contributed by atoms with van der Waals surface area (Å²) in [5.74, 6) is 1.36. The summed E-state index contributed by atoms with van der Waals surface area (Å²) >= 11 is 0. The Morgan fingerprint density at radius 3 is 2.52 bits per heavy atom. The molecule has 23 heavy (non-hydrogen) atoms. The van der Waals surface area contributed by atoms with Gasteiger partial charge in [0.25, 0.3) is 5.91 Å². The number of aliphatic imine (C=N–C) groups is 1. The quantitative estimate of drug-likeness (QED) is 0.783. The molecular formula is C18H31N3O2. The van der Waals surface area contributed by atoms with Gasteiger partial charge in [0.1, 0.15) is 11.3 Å². The van der Waals surface area contributed by atoms with Crippen LogP contribution in [0.4, 0.5) is 0 Å². The molecule has 130 valence electrons. The fourth-order valence-electron chi connectivity index (χ4n) is 3.93. The van der Waals surface area contributed by atoms with Crippen LogP contribution in [0.15, 0.2) is 4.99 Å². The Balaban J connectivity index is 2.09. The molecule has 0 saturated heterocycles.